The van der Waals surface area contributed by atoms with E-state index in [-0.39, 0.29) is 23.2 Å². The number of terminal acetylenes is 1. The van der Waals surface area contributed by atoms with Gasteiger partial charge in [-0.2, -0.15) is 4.31 Å². The fraction of sp³-hybridized carbons (Fsp3) is 0.333. The number of sulfonamides is 1. The Kier molecular flexibility index (Phi) is 5.35. The molecule has 0 aromatic heterocycles. The molecule has 1 rings (SSSR count). The molecule has 0 aliphatic heterocycles. The van der Waals surface area contributed by atoms with Gasteiger partial charge in [0.15, 0.2) is 5.82 Å². The van der Waals surface area contributed by atoms with Crippen LogP contribution < -0.4 is 5.73 Å². The fourth-order valence-electron chi connectivity index (χ4n) is 1.55. The molecule has 0 aliphatic carbocycles. The summed E-state index contributed by atoms with van der Waals surface area (Å²) in [5.41, 5.74) is 5.71. The third-order valence-electron chi connectivity index (χ3n) is 2.38. The summed E-state index contributed by atoms with van der Waals surface area (Å²) in [5, 5.41) is 0. The van der Waals surface area contributed by atoms with E-state index in [1.807, 2.05) is 6.92 Å². The molecule has 0 saturated carbocycles. The second-order valence-electron chi connectivity index (χ2n) is 3.86. The molecular formula is C12H14BrFN2O2S. The quantitative estimate of drug-likeness (QED) is 0.655. The van der Waals surface area contributed by atoms with E-state index in [9.17, 15) is 12.8 Å². The number of nitrogens with two attached hydrogens (primary N) is 1. The van der Waals surface area contributed by atoms with Crippen LogP contribution in [0, 0.1) is 18.2 Å². The van der Waals surface area contributed by atoms with E-state index in [4.69, 9.17) is 12.2 Å². The fourth-order valence-corrected chi connectivity index (χ4v) is 3.72. The van der Waals surface area contributed by atoms with Gasteiger partial charge in [-0.1, -0.05) is 12.8 Å². The van der Waals surface area contributed by atoms with Gasteiger partial charge in [-0.3, -0.25) is 0 Å². The van der Waals surface area contributed by atoms with Crippen LogP contribution in [0.15, 0.2) is 21.5 Å². The molecule has 104 valence electrons. The van der Waals surface area contributed by atoms with Crippen molar-refractivity contribution in [2.75, 3.05) is 18.8 Å². The van der Waals surface area contributed by atoms with Crippen LogP contribution in [0.2, 0.25) is 0 Å². The second-order valence-corrected chi connectivity index (χ2v) is 6.62. The summed E-state index contributed by atoms with van der Waals surface area (Å²) in [6.07, 6.45) is 5.72. The van der Waals surface area contributed by atoms with Gasteiger partial charge in [0.05, 0.1) is 11.0 Å². The molecule has 0 fully saturated rings. The van der Waals surface area contributed by atoms with Crippen LogP contribution in [0.4, 0.5) is 10.1 Å². The zero-order valence-electron chi connectivity index (χ0n) is 10.4. The van der Waals surface area contributed by atoms with Crippen LogP contribution in [-0.2, 0) is 10.0 Å². The largest absolute Gasteiger partial charge is 0.399 e. The van der Waals surface area contributed by atoms with E-state index in [0.717, 1.165) is 10.4 Å². The van der Waals surface area contributed by atoms with E-state index < -0.39 is 20.7 Å². The van der Waals surface area contributed by atoms with Crippen molar-refractivity contribution in [3.63, 3.8) is 0 Å². The first-order valence-corrected chi connectivity index (χ1v) is 7.76. The molecule has 1 aromatic rings. The van der Waals surface area contributed by atoms with Gasteiger partial charge in [0.25, 0.3) is 0 Å². The molecule has 0 radical (unpaired) electrons. The molecule has 7 heteroatoms. The molecule has 0 saturated heterocycles. The summed E-state index contributed by atoms with van der Waals surface area (Å²) >= 11 is 2.94. The zero-order valence-corrected chi connectivity index (χ0v) is 12.8. The number of hydrogen-bond donors (Lipinski definition) is 1. The maximum absolute atomic E-state index is 14.0. The standard InChI is InChI=1S/C12H14BrFN2O2S/c1-3-5-16(6-4-2)19(17,18)11-8-9(15)7-10(13)12(11)14/h1,7-8H,4-6,15H2,2H3. The van der Waals surface area contributed by atoms with Crippen molar-refractivity contribution in [3.8, 4) is 12.3 Å². The Balaban J connectivity index is 3.37. The number of benzene rings is 1. The Bertz CT molecular complexity index is 611. The molecule has 4 nitrogen and oxygen atoms in total. The van der Waals surface area contributed by atoms with Gasteiger partial charge in [-0.25, -0.2) is 12.8 Å². The summed E-state index contributed by atoms with van der Waals surface area (Å²) in [7, 11) is -4.00. The molecule has 0 heterocycles. The Morgan fingerprint density at radius 3 is 2.68 bits per heavy atom. The van der Waals surface area contributed by atoms with Gasteiger partial charge in [0, 0.05) is 12.2 Å². The number of rotatable bonds is 5. The summed E-state index contributed by atoms with van der Waals surface area (Å²) in [6, 6.07) is 2.40. The zero-order chi connectivity index (χ0) is 14.6. The SMILES string of the molecule is C#CCN(CCC)S(=O)(=O)c1cc(N)cc(Br)c1F. The highest BCUT2D eigenvalue weighted by Gasteiger charge is 2.27. The number of nitrogen functional groups attached to an aromatic ring is 1. The van der Waals surface area contributed by atoms with E-state index in [2.05, 4.69) is 21.9 Å². The number of nitrogens with zero attached hydrogens (tertiary/aromatic N) is 1. The Labute approximate surface area is 121 Å². The maximum Gasteiger partial charge on any atom is 0.246 e. The highest BCUT2D eigenvalue weighted by Crippen LogP contribution is 2.28. The molecule has 1 aromatic carbocycles. The minimum atomic E-state index is -4.00. The van der Waals surface area contributed by atoms with Crippen molar-refractivity contribution >= 4 is 31.6 Å². The third kappa shape index (κ3) is 3.47. The molecule has 0 amide bonds. The molecule has 0 bridgehead atoms. The van der Waals surface area contributed by atoms with Crippen LogP contribution >= 0.6 is 15.9 Å². The van der Waals surface area contributed by atoms with Crippen molar-refractivity contribution in [2.45, 2.75) is 18.2 Å². The first-order valence-electron chi connectivity index (χ1n) is 5.52. The molecule has 0 spiro atoms. The van der Waals surface area contributed by atoms with Gasteiger partial charge in [-0.15, -0.1) is 6.42 Å². The predicted molar refractivity (Wildman–Crippen MR) is 76.4 cm³/mol. The average Bonchev–Trinajstić information content (AvgIpc) is 2.33. The minimum absolute atomic E-state index is 0.00299. The normalized spacial score (nSPS) is 11.5. The van der Waals surface area contributed by atoms with Crippen molar-refractivity contribution in [1.29, 1.82) is 0 Å². The van der Waals surface area contributed by atoms with Crippen molar-refractivity contribution in [1.82, 2.24) is 4.31 Å². The van der Waals surface area contributed by atoms with Gasteiger partial charge in [0.2, 0.25) is 10.0 Å². The third-order valence-corrected chi connectivity index (χ3v) is 4.80. The summed E-state index contributed by atoms with van der Waals surface area (Å²) in [4.78, 5) is -0.469. The number of anilines is 1. The lowest BCUT2D eigenvalue weighted by molar-refractivity contribution is 0.440. The summed E-state index contributed by atoms with van der Waals surface area (Å²) in [6.45, 7) is 1.92. The first kappa shape index (κ1) is 16.0. The van der Waals surface area contributed by atoms with Gasteiger partial charge < -0.3 is 5.73 Å². The molecular weight excluding hydrogens is 335 g/mol. The van der Waals surface area contributed by atoms with Crippen LogP contribution in [0.25, 0.3) is 0 Å². The van der Waals surface area contributed by atoms with Gasteiger partial charge >= 0.3 is 0 Å². The molecule has 0 unspecified atom stereocenters. The smallest absolute Gasteiger partial charge is 0.246 e. The molecule has 0 atom stereocenters. The highest BCUT2D eigenvalue weighted by atomic mass is 79.9. The van der Waals surface area contributed by atoms with E-state index in [1.54, 1.807) is 0 Å². The summed E-state index contributed by atoms with van der Waals surface area (Å²) < 4.78 is 39.7. The summed E-state index contributed by atoms with van der Waals surface area (Å²) in [5.74, 6) is 1.39. The van der Waals surface area contributed by atoms with E-state index in [1.165, 1.54) is 6.07 Å². The van der Waals surface area contributed by atoms with Gasteiger partial charge in [-0.05, 0) is 34.5 Å². The Morgan fingerprint density at radius 2 is 2.16 bits per heavy atom. The predicted octanol–water partition coefficient (Wildman–Crippen LogP) is 2.20. The lowest BCUT2D eigenvalue weighted by Crippen LogP contribution is -2.33. The molecule has 0 aliphatic rings. The monoisotopic (exact) mass is 348 g/mol. The number of halogens is 2. The van der Waals surface area contributed by atoms with E-state index in [0.29, 0.717) is 6.42 Å². The highest BCUT2D eigenvalue weighted by molar-refractivity contribution is 9.10. The van der Waals surface area contributed by atoms with Crippen LogP contribution in [-0.4, -0.2) is 25.8 Å². The lowest BCUT2D eigenvalue weighted by Gasteiger charge is -2.20. The van der Waals surface area contributed by atoms with Crippen molar-refractivity contribution in [3.05, 3.63) is 22.4 Å². The minimum Gasteiger partial charge on any atom is -0.399 e. The first-order chi connectivity index (χ1) is 8.84. The lowest BCUT2D eigenvalue weighted by atomic mass is 10.3. The van der Waals surface area contributed by atoms with Crippen LogP contribution in [0.5, 0.6) is 0 Å². The maximum atomic E-state index is 14.0. The Hall–Kier alpha value is -1.10. The second kappa shape index (κ2) is 6.37. The van der Waals surface area contributed by atoms with Crippen molar-refractivity contribution in [2.24, 2.45) is 0 Å². The van der Waals surface area contributed by atoms with Crippen LogP contribution in [0.1, 0.15) is 13.3 Å². The molecule has 19 heavy (non-hydrogen) atoms. The Morgan fingerprint density at radius 1 is 1.53 bits per heavy atom. The van der Waals surface area contributed by atoms with Crippen LogP contribution in [0.3, 0.4) is 0 Å². The molecule has 2 N–H and O–H groups in total. The van der Waals surface area contributed by atoms with Crippen molar-refractivity contribution < 1.29 is 12.8 Å². The van der Waals surface area contributed by atoms with E-state index >= 15 is 0 Å². The average molecular weight is 349 g/mol. The van der Waals surface area contributed by atoms with Gasteiger partial charge in [0.1, 0.15) is 4.90 Å². The number of hydrogen-bond acceptors (Lipinski definition) is 3. The topological polar surface area (TPSA) is 63.4 Å².